The molecule has 6 rings (SSSR count). The lowest BCUT2D eigenvalue weighted by Gasteiger charge is -2.60. The fraction of sp³-hybridized carbons (Fsp3) is 0.591. The normalized spacial score (nSPS) is 33.7. The summed E-state index contributed by atoms with van der Waals surface area (Å²) in [5, 5.41) is 7.34. The zero-order chi connectivity index (χ0) is 18.6. The highest BCUT2D eigenvalue weighted by atomic mass is 32.1. The molecule has 27 heavy (non-hydrogen) atoms. The molecule has 5 heteroatoms. The van der Waals surface area contributed by atoms with Gasteiger partial charge in [0.2, 0.25) is 0 Å². The number of carbonyl (C=O) groups is 1. The van der Waals surface area contributed by atoms with Gasteiger partial charge in [0.25, 0.3) is 0 Å². The molecule has 4 saturated carbocycles. The first-order valence-corrected chi connectivity index (χ1v) is 10.8. The van der Waals surface area contributed by atoms with Crippen LogP contribution in [0.15, 0.2) is 17.6 Å². The van der Waals surface area contributed by atoms with Crippen LogP contribution < -0.4 is 0 Å². The van der Waals surface area contributed by atoms with Gasteiger partial charge in [0.15, 0.2) is 10.8 Å². The summed E-state index contributed by atoms with van der Waals surface area (Å²) < 4.78 is 1.72. The molecular weight excluding hydrogens is 354 g/mol. The minimum Gasteiger partial charge on any atom is -0.292 e. The summed E-state index contributed by atoms with van der Waals surface area (Å²) in [4.78, 5) is 17.4. The Bertz CT molecular complexity index is 946. The van der Waals surface area contributed by atoms with Gasteiger partial charge in [-0.15, -0.1) is 11.3 Å². The van der Waals surface area contributed by atoms with E-state index in [4.69, 9.17) is 0 Å². The van der Waals surface area contributed by atoms with Crippen LogP contribution in [0.3, 0.4) is 0 Å². The largest absolute Gasteiger partial charge is 0.292 e. The van der Waals surface area contributed by atoms with Gasteiger partial charge in [-0.25, -0.2) is 4.98 Å². The van der Waals surface area contributed by atoms with Gasteiger partial charge in [-0.1, -0.05) is 5.92 Å². The van der Waals surface area contributed by atoms with E-state index in [0.717, 1.165) is 29.0 Å². The highest BCUT2D eigenvalue weighted by Crippen LogP contribution is 2.66. The molecule has 0 spiro atoms. The van der Waals surface area contributed by atoms with E-state index in [9.17, 15) is 4.79 Å². The molecule has 0 saturated heterocycles. The average molecular weight is 380 g/mol. The number of ketones is 1. The number of rotatable bonds is 3. The molecule has 4 nitrogen and oxygen atoms in total. The van der Waals surface area contributed by atoms with Gasteiger partial charge in [0.05, 0.1) is 0 Å². The van der Waals surface area contributed by atoms with Crippen LogP contribution in [0.4, 0.5) is 0 Å². The van der Waals surface area contributed by atoms with Crippen LogP contribution in [0.2, 0.25) is 0 Å². The Morgan fingerprint density at radius 3 is 2.74 bits per heavy atom. The summed E-state index contributed by atoms with van der Waals surface area (Å²) in [6.45, 7) is 2.02. The average Bonchev–Trinajstić information content (AvgIpc) is 3.20. The lowest BCUT2D eigenvalue weighted by atomic mass is 9.43. The van der Waals surface area contributed by atoms with Crippen LogP contribution in [0.1, 0.15) is 66.1 Å². The van der Waals surface area contributed by atoms with Crippen LogP contribution in [-0.4, -0.2) is 20.5 Å². The van der Waals surface area contributed by atoms with Gasteiger partial charge in [-0.3, -0.25) is 9.48 Å². The van der Waals surface area contributed by atoms with Crippen molar-refractivity contribution in [3.63, 3.8) is 0 Å². The Hall–Kier alpha value is -1.93. The number of hydrogen-bond donors (Lipinski definition) is 0. The van der Waals surface area contributed by atoms with Crippen molar-refractivity contribution in [1.82, 2.24) is 14.8 Å². The van der Waals surface area contributed by atoms with Crippen LogP contribution >= 0.6 is 11.3 Å². The highest BCUT2D eigenvalue weighted by molar-refractivity contribution is 7.10. The predicted molar refractivity (Wildman–Crippen MR) is 105 cm³/mol. The Labute approximate surface area is 164 Å². The molecule has 2 aromatic heterocycles. The van der Waals surface area contributed by atoms with Crippen molar-refractivity contribution in [2.75, 3.05) is 0 Å². The van der Waals surface area contributed by atoms with Gasteiger partial charge >= 0.3 is 0 Å². The van der Waals surface area contributed by atoms with E-state index in [1.165, 1.54) is 32.1 Å². The monoisotopic (exact) mass is 379 g/mol. The number of hydrogen-bond acceptors (Lipinski definition) is 4. The minimum absolute atomic E-state index is 0.0913. The van der Waals surface area contributed by atoms with E-state index >= 15 is 0 Å². The van der Waals surface area contributed by atoms with E-state index in [2.05, 4.69) is 27.3 Å². The standard InChI is InChI=1S/C22H25N3OS/c1-15-13-27-20(23-15)3-5-21-8-16-7-17(9-21)11-22(10-16,14-21)12-19(26)18-4-6-25(2)24-18/h4,6,13,16-17H,7-12,14H2,1-2H3. The third-order valence-electron chi connectivity index (χ3n) is 6.77. The first-order valence-electron chi connectivity index (χ1n) is 9.91. The maximum atomic E-state index is 12.9. The molecule has 2 heterocycles. The topological polar surface area (TPSA) is 47.8 Å². The number of Topliss-reactive ketones (excluding diaryl/α,β-unsaturated/α-hetero) is 1. The zero-order valence-electron chi connectivity index (χ0n) is 16.0. The van der Waals surface area contributed by atoms with E-state index < -0.39 is 0 Å². The predicted octanol–water partition coefficient (Wildman–Crippen LogP) is 4.40. The van der Waals surface area contributed by atoms with E-state index in [0.29, 0.717) is 12.1 Å². The Morgan fingerprint density at radius 2 is 2.11 bits per heavy atom. The van der Waals surface area contributed by atoms with Crippen molar-refractivity contribution in [2.45, 2.75) is 51.9 Å². The van der Waals surface area contributed by atoms with Gasteiger partial charge < -0.3 is 0 Å². The number of aryl methyl sites for hydroxylation is 2. The van der Waals surface area contributed by atoms with Crippen LogP contribution in [-0.2, 0) is 7.05 Å². The molecule has 0 N–H and O–H groups in total. The first kappa shape index (κ1) is 17.2. The molecule has 140 valence electrons. The molecule has 4 fully saturated rings. The molecule has 0 aromatic carbocycles. The summed E-state index contributed by atoms with van der Waals surface area (Å²) in [5.74, 6) is 8.72. The van der Waals surface area contributed by atoms with Crippen LogP contribution in [0.25, 0.3) is 0 Å². The molecule has 2 atom stereocenters. The molecule has 4 aliphatic rings. The second kappa shape index (κ2) is 6.04. The molecular formula is C22H25N3OS. The summed E-state index contributed by atoms with van der Waals surface area (Å²) in [7, 11) is 1.87. The number of nitrogens with zero attached hydrogens (tertiary/aromatic N) is 3. The maximum absolute atomic E-state index is 12.9. The third-order valence-corrected chi connectivity index (χ3v) is 7.65. The zero-order valence-corrected chi connectivity index (χ0v) is 16.8. The van der Waals surface area contributed by atoms with Gasteiger partial charge in [-0.2, -0.15) is 5.10 Å². The molecule has 0 radical (unpaired) electrons. The molecule has 2 aromatic rings. The second-order valence-electron chi connectivity index (χ2n) is 9.26. The molecule has 4 bridgehead atoms. The molecule has 4 aliphatic carbocycles. The smallest absolute Gasteiger partial charge is 0.183 e. The molecule has 2 unspecified atom stereocenters. The number of aromatic nitrogens is 3. The van der Waals surface area contributed by atoms with Crippen molar-refractivity contribution >= 4 is 17.1 Å². The quantitative estimate of drug-likeness (QED) is 0.587. The lowest BCUT2D eigenvalue weighted by molar-refractivity contribution is -0.0822. The maximum Gasteiger partial charge on any atom is 0.183 e. The van der Waals surface area contributed by atoms with Gasteiger partial charge in [0, 0.05) is 36.2 Å². The van der Waals surface area contributed by atoms with E-state index in [1.54, 1.807) is 16.0 Å². The lowest BCUT2D eigenvalue weighted by Crippen LogP contribution is -2.52. The fourth-order valence-corrected chi connectivity index (χ4v) is 7.04. The van der Waals surface area contributed by atoms with Crippen LogP contribution in [0, 0.1) is 41.4 Å². The minimum atomic E-state index is 0.0913. The molecule has 0 aliphatic heterocycles. The first-order chi connectivity index (χ1) is 12.9. The van der Waals surface area contributed by atoms with Crippen molar-refractivity contribution in [1.29, 1.82) is 0 Å². The fourth-order valence-electron chi connectivity index (χ4n) is 6.40. The Balaban J connectivity index is 1.42. The Morgan fingerprint density at radius 1 is 1.33 bits per heavy atom. The van der Waals surface area contributed by atoms with Crippen molar-refractivity contribution in [2.24, 2.45) is 29.7 Å². The van der Waals surface area contributed by atoms with Crippen molar-refractivity contribution in [3.05, 3.63) is 34.0 Å². The highest BCUT2D eigenvalue weighted by Gasteiger charge is 2.57. The molecule has 0 amide bonds. The van der Waals surface area contributed by atoms with Gasteiger partial charge in [0.1, 0.15) is 5.69 Å². The van der Waals surface area contributed by atoms with Crippen molar-refractivity contribution < 1.29 is 4.79 Å². The summed E-state index contributed by atoms with van der Waals surface area (Å²) in [5.41, 5.74) is 1.89. The Kier molecular flexibility index (Phi) is 3.84. The van der Waals surface area contributed by atoms with E-state index in [-0.39, 0.29) is 16.6 Å². The summed E-state index contributed by atoms with van der Waals surface area (Å²) >= 11 is 1.64. The number of carbonyl (C=O) groups excluding carboxylic acids is 1. The van der Waals surface area contributed by atoms with Crippen molar-refractivity contribution in [3.8, 4) is 11.8 Å². The van der Waals surface area contributed by atoms with E-state index in [1.807, 2.05) is 26.2 Å². The summed E-state index contributed by atoms with van der Waals surface area (Å²) in [6.07, 6.45) is 9.71. The third kappa shape index (κ3) is 3.14. The van der Waals surface area contributed by atoms with Gasteiger partial charge in [-0.05, 0) is 74.7 Å². The summed E-state index contributed by atoms with van der Waals surface area (Å²) in [6, 6.07) is 1.85. The second-order valence-corrected chi connectivity index (χ2v) is 10.1. The SMILES string of the molecule is Cc1csc(C#CC23CC4CC(C2)CC(CC(=O)c2ccn(C)n2)(C4)C3)n1. The van der Waals surface area contributed by atoms with Crippen LogP contribution in [0.5, 0.6) is 0 Å². The number of thiazole rings is 1.